The van der Waals surface area contributed by atoms with Crippen molar-refractivity contribution in [2.75, 3.05) is 5.32 Å². The number of benzene rings is 2. The van der Waals surface area contributed by atoms with Gasteiger partial charge in [-0.05, 0) is 42.5 Å². The number of carboxylic acids is 1. The molecule has 2 rings (SSSR count). The third kappa shape index (κ3) is 3.21. The number of aromatic carboxylic acids is 1. The zero-order valence-corrected chi connectivity index (χ0v) is 11.6. The van der Waals surface area contributed by atoms with E-state index in [1.54, 1.807) is 0 Å². The second-order valence-corrected chi connectivity index (χ2v) is 4.88. The second kappa shape index (κ2) is 5.83. The first-order chi connectivity index (χ1) is 9.47. The largest absolute Gasteiger partial charge is 0.478 e. The number of carboxylic acid groups (broad SMARTS) is 1. The molecule has 6 heteroatoms. The quantitative estimate of drug-likeness (QED) is 0.900. The molecule has 0 heterocycles. The van der Waals surface area contributed by atoms with Crippen LogP contribution in [-0.4, -0.2) is 17.0 Å². The van der Waals surface area contributed by atoms with Gasteiger partial charge in [0.25, 0.3) is 5.91 Å². The maximum Gasteiger partial charge on any atom is 0.335 e. The van der Waals surface area contributed by atoms with Crippen molar-refractivity contribution in [3.63, 3.8) is 0 Å². The summed E-state index contributed by atoms with van der Waals surface area (Å²) in [5.74, 6) is -2.29. The van der Waals surface area contributed by atoms with Crippen LogP contribution in [0, 0.1) is 5.82 Å². The third-order valence-electron chi connectivity index (χ3n) is 2.56. The molecule has 102 valence electrons. The van der Waals surface area contributed by atoms with Crippen molar-refractivity contribution in [1.82, 2.24) is 0 Å². The van der Waals surface area contributed by atoms with E-state index in [-0.39, 0.29) is 11.1 Å². The lowest BCUT2D eigenvalue weighted by Gasteiger charge is -2.07. The van der Waals surface area contributed by atoms with E-state index >= 15 is 0 Å². The summed E-state index contributed by atoms with van der Waals surface area (Å²) >= 11 is 3.16. The molecule has 1 amide bonds. The van der Waals surface area contributed by atoms with Gasteiger partial charge in [0.15, 0.2) is 0 Å². The van der Waals surface area contributed by atoms with Crippen LogP contribution in [0.5, 0.6) is 0 Å². The maximum absolute atomic E-state index is 13.5. The van der Waals surface area contributed by atoms with Gasteiger partial charge in [-0.2, -0.15) is 0 Å². The van der Waals surface area contributed by atoms with Gasteiger partial charge in [-0.25, -0.2) is 9.18 Å². The smallest absolute Gasteiger partial charge is 0.335 e. The molecule has 20 heavy (non-hydrogen) atoms. The van der Waals surface area contributed by atoms with Crippen LogP contribution in [0.1, 0.15) is 20.7 Å². The van der Waals surface area contributed by atoms with Gasteiger partial charge in [0.2, 0.25) is 0 Å². The highest BCUT2D eigenvalue weighted by Gasteiger charge is 2.12. The van der Waals surface area contributed by atoms with Crippen LogP contribution < -0.4 is 5.32 Å². The molecule has 0 saturated carbocycles. The second-order valence-electron chi connectivity index (χ2n) is 3.96. The minimum Gasteiger partial charge on any atom is -0.478 e. The molecule has 2 N–H and O–H groups in total. The number of halogens is 2. The van der Waals surface area contributed by atoms with Gasteiger partial charge >= 0.3 is 5.97 Å². The summed E-state index contributed by atoms with van der Waals surface area (Å²) in [6.07, 6.45) is 0. The molecule has 0 bridgehead atoms. The first kappa shape index (κ1) is 14.2. The standard InChI is InChI=1S/C14H9BrFNO3/c15-9-3-6-12(16)11(7-9)13(18)17-10-4-1-8(2-5-10)14(19)20/h1-7H,(H,17,18)(H,19,20). The van der Waals surface area contributed by atoms with Crippen LogP contribution in [0.3, 0.4) is 0 Å². The Labute approximate surface area is 122 Å². The maximum atomic E-state index is 13.5. The predicted octanol–water partition coefficient (Wildman–Crippen LogP) is 3.54. The summed E-state index contributed by atoms with van der Waals surface area (Å²) < 4.78 is 14.1. The molecule has 0 aliphatic rings. The van der Waals surface area contributed by atoms with E-state index in [0.29, 0.717) is 10.2 Å². The molecule has 4 nitrogen and oxygen atoms in total. The predicted molar refractivity (Wildman–Crippen MR) is 75.5 cm³/mol. The van der Waals surface area contributed by atoms with Crippen molar-refractivity contribution in [3.8, 4) is 0 Å². The number of nitrogens with one attached hydrogen (secondary N) is 1. The van der Waals surface area contributed by atoms with E-state index in [4.69, 9.17) is 5.11 Å². The normalized spacial score (nSPS) is 10.1. The van der Waals surface area contributed by atoms with Crippen molar-refractivity contribution < 1.29 is 19.1 Å². The number of carbonyl (C=O) groups excluding carboxylic acids is 1. The number of anilines is 1. The van der Waals surface area contributed by atoms with Crippen LogP contribution in [0.25, 0.3) is 0 Å². The molecule has 0 aliphatic heterocycles. The summed E-state index contributed by atoms with van der Waals surface area (Å²) in [5, 5.41) is 11.3. The Bertz CT molecular complexity index is 671. The number of hydrogen-bond donors (Lipinski definition) is 2. The fourth-order valence-corrected chi connectivity index (χ4v) is 1.93. The van der Waals surface area contributed by atoms with Gasteiger partial charge < -0.3 is 10.4 Å². The highest BCUT2D eigenvalue weighted by atomic mass is 79.9. The van der Waals surface area contributed by atoms with Gasteiger partial charge in [-0.1, -0.05) is 15.9 Å². The van der Waals surface area contributed by atoms with E-state index in [0.717, 1.165) is 0 Å². The van der Waals surface area contributed by atoms with Gasteiger partial charge in [0, 0.05) is 10.2 Å². The van der Waals surface area contributed by atoms with Gasteiger partial charge in [0.1, 0.15) is 5.82 Å². The molecular weight excluding hydrogens is 329 g/mol. The molecule has 2 aromatic carbocycles. The van der Waals surface area contributed by atoms with Crippen molar-refractivity contribution in [2.45, 2.75) is 0 Å². The SMILES string of the molecule is O=C(O)c1ccc(NC(=O)c2cc(Br)ccc2F)cc1. The molecule has 0 atom stereocenters. The minimum atomic E-state index is -1.05. The summed E-state index contributed by atoms with van der Waals surface area (Å²) in [5.41, 5.74) is 0.401. The van der Waals surface area contributed by atoms with Crippen molar-refractivity contribution in [3.05, 3.63) is 63.9 Å². The number of carbonyl (C=O) groups is 2. The average molecular weight is 338 g/mol. The fourth-order valence-electron chi connectivity index (χ4n) is 1.57. The molecule has 0 aromatic heterocycles. The van der Waals surface area contributed by atoms with E-state index in [9.17, 15) is 14.0 Å². The highest BCUT2D eigenvalue weighted by molar-refractivity contribution is 9.10. The zero-order valence-electron chi connectivity index (χ0n) is 10.1. The Morgan fingerprint density at radius 3 is 2.35 bits per heavy atom. The molecule has 2 aromatic rings. The Kier molecular flexibility index (Phi) is 4.14. The minimum absolute atomic E-state index is 0.0957. The van der Waals surface area contributed by atoms with Crippen LogP contribution in [0.2, 0.25) is 0 Å². The monoisotopic (exact) mass is 337 g/mol. The summed E-state index contributed by atoms with van der Waals surface area (Å²) in [7, 11) is 0. The molecule has 0 unspecified atom stereocenters. The first-order valence-corrected chi connectivity index (χ1v) is 6.36. The number of rotatable bonds is 3. The van der Waals surface area contributed by atoms with Gasteiger partial charge in [-0.3, -0.25) is 4.79 Å². The lowest BCUT2D eigenvalue weighted by atomic mass is 10.1. The Hall–Kier alpha value is -2.21. The summed E-state index contributed by atoms with van der Waals surface area (Å²) in [4.78, 5) is 22.6. The molecule has 0 aliphatic carbocycles. The third-order valence-corrected chi connectivity index (χ3v) is 3.06. The molecule has 0 saturated heterocycles. The van der Waals surface area contributed by atoms with Gasteiger partial charge in [-0.15, -0.1) is 0 Å². The average Bonchev–Trinajstić information content (AvgIpc) is 2.42. The molecule has 0 fully saturated rings. The van der Waals surface area contributed by atoms with Gasteiger partial charge in [0.05, 0.1) is 11.1 Å². The Balaban J connectivity index is 2.19. The molecule has 0 radical (unpaired) electrons. The lowest BCUT2D eigenvalue weighted by Crippen LogP contribution is -2.13. The fraction of sp³-hybridized carbons (Fsp3) is 0. The lowest BCUT2D eigenvalue weighted by molar-refractivity contribution is 0.0696. The summed E-state index contributed by atoms with van der Waals surface area (Å²) in [6.45, 7) is 0. The van der Waals surface area contributed by atoms with E-state index in [1.165, 1.54) is 42.5 Å². The Morgan fingerprint density at radius 1 is 1.10 bits per heavy atom. The van der Waals surface area contributed by atoms with Crippen LogP contribution in [-0.2, 0) is 0 Å². The summed E-state index contributed by atoms with van der Waals surface area (Å²) in [6, 6.07) is 9.65. The number of amides is 1. The van der Waals surface area contributed by atoms with Crippen molar-refractivity contribution >= 4 is 33.5 Å². The number of hydrogen-bond acceptors (Lipinski definition) is 2. The Morgan fingerprint density at radius 2 is 1.75 bits per heavy atom. The van der Waals surface area contributed by atoms with Crippen LogP contribution in [0.4, 0.5) is 10.1 Å². The zero-order chi connectivity index (χ0) is 14.7. The van der Waals surface area contributed by atoms with Crippen molar-refractivity contribution in [1.29, 1.82) is 0 Å². The first-order valence-electron chi connectivity index (χ1n) is 5.57. The molecule has 0 spiro atoms. The highest BCUT2D eigenvalue weighted by Crippen LogP contribution is 2.17. The van der Waals surface area contributed by atoms with E-state index in [2.05, 4.69) is 21.2 Å². The van der Waals surface area contributed by atoms with Crippen molar-refractivity contribution in [2.24, 2.45) is 0 Å². The molecular formula is C14H9BrFNO3. The topological polar surface area (TPSA) is 66.4 Å². The van der Waals surface area contributed by atoms with E-state index in [1.807, 2.05) is 0 Å². The van der Waals surface area contributed by atoms with Crippen LogP contribution in [0.15, 0.2) is 46.9 Å². The van der Waals surface area contributed by atoms with E-state index < -0.39 is 17.7 Å². The van der Waals surface area contributed by atoms with Crippen LogP contribution >= 0.6 is 15.9 Å².